The maximum atomic E-state index is 12.6. The molecule has 6 N–H and O–H groups in total. The molecular weight excluding hydrogens is 404 g/mol. The molecule has 0 bridgehead atoms. The highest BCUT2D eigenvalue weighted by Crippen LogP contribution is 2.12. The van der Waals surface area contributed by atoms with Crippen molar-refractivity contribution in [3.05, 3.63) is 65.7 Å². The Balaban J connectivity index is 1.96. The quantitative estimate of drug-likeness (QED) is 0.357. The van der Waals surface area contributed by atoms with Crippen LogP contribution >= 0.6 is 0 Å². The summed E-state index contributed by atoms with van der Waals surface area (Å²) in [6.07, 6.45) is -0.712. The lowest BCUT2D eigenvalue weighted by Gasteiger charge is -2.18. The van der Waals surface area contributed by atoms with Crippen LogP contribution in [-0.2, 0) is 32.1 Å². The minimum atomic E-state index is -1.04. The normalized spacial score (nSPS) is 11.1. The Morgan fingerprint density at radius 3 is 2.23 bits per heavy atom. The first-order valence-electron chi connectivity index (χ1n) is 9.41. The molecule has 10 heteroatoms. The van der Waals surface area contributed by atoms with Crippen LogP contribution < -0.4 is 21.7 Å². The fourth-order valence-electron chi connectivity index (χ4n) is 2.52. The van der Waals surface area contributed by atoms with E-state index in [0.29, 0.717) is 5.56 Å². The summed E-state index contributed by atoms with van der Waals surface area (Å²) in [5.41, 5.74) is 6.39. The van der Waals surface area contributed by atoms with Crippen molar-refractivity contribution in [3.63, 3.8) is 0 Å². The molecule has 2 aromatic rings. The van der Waals surface area contributed by atoms with E-state index >= 15 is 0 Å². The summed E-state index contributed by atoms with van der Waals surface area (Å²) in [5.74, 6) is -1.89. The van der Waals surface area contributed by atoms with E-state index in [1.54, 1.807) is 36.4 Å². The maximum absolute atomic E-state index is 12.6. The number of primary amides is 1. The number of nitrogens with two attached hydrogens (primary N) is 1. The number of rotatable bonds is 10. The number of aromatic hydroxyl groups is 1. The molecule has 2 aromatic carbocycles. The summed E-state index contributed by atoms with van der Waals surface area (Å²) in [6, 6.07) is 14.1. The van der Waals surface area contributed by atoms with Crippen LogP contribution in [0, 0.1) is 0 Å². The van der Waals surface area contributed by atoms with E-state index < -0.39 is 36.4 Å². The van der Waals surface area contributed by atoms with E-state index in [-0.39, 0.29) is 25.3 Å². The number of phenolic OH excluding ortho intramolecular Hbond substituents is 1. The van der Waals surface area contributed by atoms with Gasteiger partial charge in [-0.2, -0.15) is 0 Å². The van der Waals surface area contributed by atoms with Gasteiger partial charge >= 0.3 is 6.09 Å². The molecule has 0 radical (unpaired) electrons. The average molecular weight is 428 g/mol. The number of carbonyl (C=O) groups is 4. The Bertz CT molecular complexity index is 902. The van der Waals surface area contributed by atoms with Gasteiger partial charge in [0.1, 0.15) is 18.4 Å². The highest BCUT2D eigenvalue weighted by atomic mass is 16.5. The lowest BCUT2D eigenvalue weighted by Crippen LogP contribution is -2.50. The van der Waals surface area contributed by atoms with Crippen LogP contribution in [0.5, 0.6) is 5.75 Å². The number of ether oxygens (including phenoxy) is 1. The minimum Gasteiger partial charge on any atom is -0.508 e. The molecule has 2 rings (SSSR count). The summed E-state index contributed by atoms with van der Waals surface area (Å²) in [5, 5.41) is 16.5. The van der Waals surface area contributed by atoms with E-state index in [0.717, 1.165) is 5.56 Å². The van der Waals surface area contributed by atoms with Crippen LogP contribution in [0.2, 0.25) is 0 Å². The lowest BCUT2D eigenvalue weighted by molar-refractivity contribution is -0.128. The smallest absolute Gasteiger partial charge is 0.408 e. The molecule has 0 aromatic heterocycles. The van der Waals surface area contributed by atoms with Gasteiger partial charge in [-0.25, -0.2) is 4.79 Å². The van der Waals surface area contributed by atoms with Crippen molar-refractivity contribution in [1.29, 1.82) is 0 Å². The number of nitrogens with one attached hydrogen (secondary N) is 3. The molecule has 0 aliphatic rings. The third-order valence-electron chi connectivity index (χ3n) is 4.08. The molecule has 0 heterocycles. The van der Waals surface area contributed by atoms with Crippen LogP contribution in [-0.4, -0.2) is 48.1 Å². The van der Waals surface area contributed by atoms with E-state index in [4.69, 9.17) is 10.5 Å². The molecule has 0 saturated heterocycles. The minimum absolute atomic E-state index is 0.0236. The number of benzene rings is 2. The van der Waals surface area contributed by atoms with Crippen molar-refractivity contribution >= 4 is 23.8 Å². The number of carbonyl (C=O) groups excluding carboxylic acids is 4. The van der Waals surface area contributed by atoms with E-state index in [9.17, 15) is 24.3 Å². The van der Waals surface area contributed by atoms with Crippen molar-refractivity contribution < 1.29 is 29.0 Å². The monoisotopic (exact) mass is 428 g/mol. The van der Waals surface area contributed by atoms with Gasteiger partial charge in [0, 0.05) is 6.42 Å². The Morgan fingerprint density at radius 1 is 0.903 bits per heavy atom. The Kier molecular flexibility index (Phi) is 8.84. The summed E-state index contributed by atoms with van der Waals surface area (Å²) in [6.45, 7) is -0.732. The molecule has 0 aliphatic carbocycles. The lowest BCUT2D eigenvalue weighted by atomic mass is 10.1. The maximum Gasteiger partial charge on any atom is 0.408 e. The van der Waals surface area contributed by atoms with Gasteiger partial charge in [-0.05, 0) is 23.3 Å². The van der Waals surface area contributed by atoms with Crippen molar-refractivity contribution in [1.82, 2.24) is 16.0 Å². The van der Waals surface area contributed by atoms with Gasteiger partial charge in [0.05, 0.1) is 13.1 Å². The second-order valence-electron chi connectivity index (χ2n) is 6.59. The number of phenols is 1. The van der Waals surface area contributed by atoms with Crippen LogP contribution in [0.25, 0.3) is 0 Å². The van der Waals surface area contributed by atoms with Gasteiger partial charge < -0.3 is 31.5 Å². The van der Waals surface area contributed by atoms with Crippen molar-refractivity contribution in [2.24, 2.45) is 5.73 Å². The number of hydrogen-bond acceptors (Lipinski definition) is 6. The third kappa shape index (κ3) is 8.86. The number of hydrogen-bond donors (Lipinski definition) is 5. The van der Waals surface area contributed by atoms with Crippen LogP contribution in [0.3, 0.4) is 0 Å². The summed E-state index contributed by atoms with van der Waals surface area (Å²) in [7, 11) is 0. The molecule has 0 spiro atoms. The van der Waals surface area contributed by atoms with Gasteiger partial charge in [-0.3, -0.25) is 14.4 Å². The predicted molar refractivity (Wildman–Crippen MR) is 111 cm³/mol. The van der Waals surface area contributed by atoms with E-state index in [2.05, 4.69) is 16.0 Å². The van der Waals surface area contributed by atoms with E-state index in [1.165, 1.54) is 12.1 Å². The Morgan fingerprint density at radius 2 is 1.58 bits per heavy atom. The topological polar surface area (TPSA) is 160 Å². The third-order valence-corrected chi connectivity index (χ3v) is 4.08. The molecule has 0 unspecified atom stereocenters. The van der Waals surface area contributed by atoms with E-state index in [1.807, 2.05) is 6.07 Å². The number of alkyl carbamates (subject to hydrolysis) is 1. The first-order valence-corrected chi connectivity index (χ1v) is 9.41. The standard InChI is InChI=1S/C21H24N4O6/c22-18(27)11-23-19(28)12-24-20(29)17(10-14-6-8-16(26)9-7-14)25-21(30)31-13-15-4-2-1-3-5-15/h1-9,17,26H,10-13H2,(H2,22,27)(H,23,28)(H,24,29)(H,25,30)/t17-/m1/s1. The molecular formula is C21H24N4O6. The zero-order valence-corrected chi connectivity index (χ0v) is 16.7. The van der Waals surface area contributed by atoms with Crippen molar-refractivity contribution in [2.75, 3.05) is 13.1 Å². The Hall–Kier alpha value is -4.08. The molecule has 4 amide bonds. The molecule has 0 saturated carbocycles. The molecule has 31 heavy (non-hydrogen) atoms. The second kappa shape index (κ2) is 11.8. The van der Waals surface area contributed by atoms with Crippen LogP contribution in [0.1, 0.15) is 11.1 Å². The fraction of sp³-hybridized carbons (Fsp3) is 0.238. The summed E-state index contributed by atoms with van der Waals surface area (Å²) in [4.78, 5) is 47.2. The van der Waals surface area contributed by atoms with Gasteiger partial charge in [-0.15, -0.1) is 0 Å². The molecule has 164 valence electrons. The first-order chi connectivity index (χ1) is 14.8. The first kappa shape index (κ1) is 23.2. The van der Waals surface area contributed by atoms with Crippen molar-refractivity contribution in [2.45, 2.75) is 19.1 Å². The second-order valence-corrected chi connectivity index (χ2v) is 6.59. The molecule has 10 nitrogen and oxygen atoms in total. The zero-order chi connectivity index (χ0) is 22.6. The zero-order valence-electron chi connectivity index (χ0n) is 16.7. The largest absolute Gasteiger partial charge is 0.508 e. The average Bonchev–Trinajstić information content (AvgIpc) is 2.76. The van der Waals surface area contributed by atoms with Gasteiger partial charge in [-0.1, -0.05) is 42.5 Å². The highest BCUT2D eigenvalue weighted by Gasteiger charge is 2.22. The Labute approximate surface area is 178 Å². The molecule has 1 atom stereocenters. The summed E-state index contributed by atoms with van der Waals surface area (Å²) < 4.78 is 5.16. The summed E-state index contributed by atoms with van der Waals surface area (Å²) >= 11 is 0. The molecule has 0 fully saturated rings. The van der Waals surface area contributed by atoms with Gasteiger partial charge in [0.15, 0.2) is 0 Å². The predicted octanol–water partition coefficient (Wildman–Crippen LogP) is -0.0526. The van der Waals surface area contributed by atoms with Gasteiger partial charge in [0.2, 0.25) is 17.7 Å². The molecule has 0 aliphatic heterocycles. The van der Waals surface area contributed by atoms with Crippen molar-refractivity contribution in [3.8, 4) is 5.75 Å². The van der Waals surface area contributed by atoms with Crippen LogP contribution in [0.15, 0.2) is 54.6 Å². The SMILES string of the molecule is NC(=O)CNC(=O)CNC(=O)[C@@H](Cc1ccc(O)cc1)NC(=O)OCc1ccccc1. The number of amides is 4. The fourth-order valence-corrected chi connectivity index (χ4v) is 2.52. The van der Waals surface area contributed by atoms with Crippen LogP contribution in [0.4, 0.5) is 4.79 Å². The van der Waals surface area contributed by atoms with Gasteiger partial charge in [0.25, 0.3) is 0 Å². The highest BCUT2D eigenvalue weighted by molar-refractivity contribution is 5.90.